The SMILES string of the molecule is C[C@@H]1CN([C@H](C)CO)C(=O)Cc2cc(NC(=O)Nc3cccc4ccccc34)ccc2O[C@H]1CN(C)S(=O)(=O)c1ccc(F)cc1. The molecule has 10 nitrogen and oxygen atoms in total. The molecule has 4 aromatic carbocycles. The summed E-state index contributed by atoms with van der Waals surface area (Å²) in [6.07, 6.45) is -0.768. The smallest absolute Gasteiger partial charge is 0.323 e. The number of hydrogen-bond donors (Lipinski definition) is 3. The van der Waals surface area contributed by atoms with Gasteiger partial charge in [0.25, 0.3) is 0 Å². The first-order chi connectivity index (χ1) is 22.0. The number of rotatable bonds is 8. The number of aliphatic hydroxyl groups is 1. The Balaban J connectivity index is 1.41. The molecule has 46 heavy (non-hydrogen) atoms. The van der Waals surface area contributed by atoms with Gasteiger partial charge in [0.05, 0.1) is 36.2 Å². The number of benzene rings is 4. The molecule has 0 saturated heterocycles. The number of carbonyl (C=O) groups is 2. The fourth-order valence-electron chi connectivity index (χ4n) is 5.48. The Kier molecular flexibility index (Phi) is 9.90. The zero-order chi connectivity index (χ0) is 33.0. The van der Waals surface area contributed by atoms with Gasteiger partial charge < -0.3 is 25.4 Å². The molecule has 0 aliphatic carbocycles. The zero-order valence-electron chi connectivity index (χ0n) is 25.8. The van der Waals surface area contributed by atoms with E-state index in [1.165, 1.54) is 19.2 Å². The maximum Gasteiger partial charge on any atom is 0.323 e. The van der Waals surface area contributed by atoms with Gasteiger partial charge in [0.1, 0.15) is 17.7 Å². The van der Waals surface area contributed by atoms with Crippen LogP contribution in [0.1, 0.15) is 19.4 Å². The first-order valence-electron chi connectivity index (χ1n) is 14.9. The zero-order valence-corrected chi connectivity index (χ0v) is 26.6. The largest absolute Gasteiger partial charge is 0.488 e. The Morgan fingerprint density at radius 3 is 2.52 bits per heavy atom. The first kappa shape index (κ1) is 32.9. The van der Waals surface area contributed by atoms with Crippen molar-refractivity contribution in [3.8, 4) is 5.75 Å². The number of nitrogens with zero attached hydrogens (tertiary/aromatic N) is 2. The van der Waals surface area contributed by atoms with E-state index in [0.717, 1.165) is 27.2 Å². The Hall–Kier alpha value is -4.52. The van der Waals surface area contributed by atoms with Crippen LogP contribution in [0.5, 0.6) is 5.75 Å². The van der Waals surface area contributed by atoms with Crippen LogP contribution in [0.3, 0.4) is 0 Å². The van der Waals surface area contributed by atoms with Gasteiger partial charge in [-0.3, -0.25) is 4.79 Å². The normalized spacial score (nSPS) is 17.8. The van der Waals surface area contributed by atoms with E-state index < -0.39 is 34.0 Å². The molecule has 5 rings (SSSR count). The highest BCUT2D eigenvalue weighted by molar-refractivity contribution is 7.89. The highest BCUT2D eigenvalue weighted by Gasteiger charge is 2.33. The Labute approximate surface area is 267 Å². The van der Waals surface area contributed by atoms with E-state index in [1.807, 2.05) is 49.4 Å². The highest BCUT2D eigenvalue weighted by Crippen LogP contribution is 2.30. The van der Waals surface area contributed by atoms with Gasteiger partial charge in [0, 0.05) is 36.1 Å². The second-order valence-electron chi connectivity index (χ2n) is 11.6. The molecule has 3 amide bonds. The minimum absolute atomic E-state index is 0.0595. The maximum atomic E-state index is 13.6. The van der Waals surface area contributed by atoms with Crippen molar-refractivity contribution in [1.82, 2.24) is 9.21 Å². The van der Waals surface area contributed by atoms with Crippen molar-refractivity contribution in [2.75, 3.05) is 37.4 Å². The predicted molar refractivity (Wildman–Crippen MR) is 175 cm³/mol. The van der Waals surface area contributed by atoms with Crippen molar-refractivity contribution in [2.24, 2.45) is 5.92 Å². The summed E-state index contributed by atoms with van der Waals surface area (Å²) in [7, 11) is -2.56. The molecule has 0 bridgehead atoms. The van der Waals surface area contributed by atoms with Crippen LogP contribution in [0.15, 0.2) is 89.8 Å². The molecular formula is C34H37FN4O6S. The third-order valence-electron chi connectivity index (χ3n) is 8.17. The number of carbonyl (C=O) groups excluding carboxylic acids is 2. The molecule has 4 aromatic rings. The molecule has 3 N–H and O–H groups in total. The van der Waals surface area contributed by atoms with E-state index in [-0.39, 0.29) is 42.8 Å². The molecule has 0 unspecified atom stereocenters. The van der Waals surface area contributed by atoms with Crippen LogP contribution >= 0.6 is 0 Å². The third-order valence-corrected chi connectivity index (χ3v) is 10.0. The standard InChI is InChI=1S/C34H37FN4O6S/c1-22-19-39(23(2)21-40)33(41)18-25-17-27(36-34(42)37-30-10-6-8-24-7-4-5-9-29(24)30)13-16-31(25)45-32(22)20-38(3)46(43,44)28-14-11-26(35)12-15-28/h4-17,22-23,32,40H,18-21H2,1-3H3,(H2,36,37,42)/t22-,23-,32+/m1/s1. The lowest BCUT2D eigenvalue weighted by Gasteiger charge is -2.33. The lowest BCUT2D eigenvalue weighted by atomic mass is 10.0. The van der Waals surface area contributed by atoms with Crippen LogP contribution in [0, 0.1) is 11.7 Å². The minimum Gasteiger partial charge on any atom is -0.488 e. The third kappa shape index (κ3) is 7.30. The van der Waals surface area contributed by atoms with E-state index >= 15 is 0 Å². The number of fused-ring (bicyclic) bond motifs is 2. The van der Waals surface area contributed by atoms with Crippen molar-refractivity contribution in [3.05, 3.63) is 96.3 Å². The molecule has 0 radical (unpaired) electrons. The highest BCUT2D eigenvalue weighted by atomic mass is 32.2. The van der Waals surface area contributed by atoms with Crippen molar-refractivity contribution in [1.29, 1.82) is 0 Å². The summed E-state index contributed by atoms with van der Waals surface area (Å²) < 4.78 is 47.7. The number of urea groups is 1. The number of anilines is 2. The lowest BCUT2D eigenvalue weighted by molar-refractivity contribution is -0.134. The van der Waals surface area contributed by atoms with E-state index in [9.17, 15) is 27.5 Å². The maximum absolute atomic E-state index is 13.6. The van der Waals surface area contributed by atoms with Crippen molar-refractivity contribution in [3.63, 3.8) is 0 Å². The van der Waals surface area contributed by atoms with E-state index in [1.54, 1.807) is 30.0 Å². The summed E-state index contributed by atoms with van der Waals surface area (Å²) >= 11 is 0. The average molecular weight is 649 g/mol. The Morgan fingerprint density at radius 1 is 1.07 bits per heavy atom. The van der Waals surface area contributed by atoms with E-state index in [0.29, 0.717) is 22.7 Å². The van der Waals surface area contributed by atoms with Crippen molar-refractivity contribution in [2.45, 2.75) is 37.3 Å². The lowest BCUT2D eigenvalue weighted by Crippen LogP contribution is -2.48. The van der Waals surface area contributed by atoms with Crippen LogP contribution in [-0.4, -0.2) is 73.6 Å². The molecule has 12 heteroatoms. The monoisotopic (exact) mass is 648 g/mol. The summed E-state index contributed by atoms with van der Waals surface area (Å²) in [5, 5.41) is 17.5. The van der Waals surface area contributed by atoms with Gasteiger partial charge in [-0.1, -0.05) is 43.3 Å². The van der Waals surface area contributed by atoms with Crippen molar-refractivity contribution < 1.29 is 32.2 Å². The number of amides is 3. The van der Waals surface area contributed by atoms with Crippen LogP contribution in [0.4, 0.5) is 20.6 Å². The molecule has 0 aromatic heterocycles. The number of aliphatic hydroxyl groups excluding tert-OH is 1. The minimum atomic E-state index is -3.98. The Morgan fingerprint density at radius 2 is 1.78 bits per heavy atom. The molecule has 1 aliphatic rings. The van der Waals surface area contributed by atoms with Crippen LogP contribution in [-0.2, 0) is 21.2 Å². The van der Waals surface area contributed by atoms with Gasteiger partial charge in [-0.2, -0.15) is 4.31 Å². The fourth-order valence-corrected chi connectivity index (χ4v) is 6.67. The van der Waals surface area contributed by atoms with Gasteiger partial charge in [-0.15, -0.1) is 0 Å². The summed E-state index contributed by atoms with van der Waals surface area (Å²) in [6.45, 7) is 3.48. The number of ether oxygens (including phenoxy) is 1. The van der Waals surface area contributed by atoms with Gasteiger partial charge in [0.2, 0.25) is 15.9 Å². The summed E-state index contributed by atoms with van der Waals surface area (Å²) in [4.78, 5) is 28.1. The number of hydrogen-bond acceptors (Lipinski definition) is 6. The summed E-state index contributed by atoms with van der Waals surface area (Å²) in [5.41, 5.74) is 1.56. The first-order valence-corrected chi connectivity index (χ1v) is 16.4. The van der Waals surface area contributed by atoms with Gasteiger partial charge >= 0.3 is 6.03 Å². The van der Waals surface area contributed by atoms with Gasteiger partial charge in [-0.05, 0) is 60.8 Å². The van der Waals surface area contributed by atoms with Gasteiger partial charge in [-0.25, -0.2) is 17.6 Å². The molecule has 3 atom stereocenters. The molecule has 1 aliphatic heterocycles. The molecule has 0 fully saturated rings. The molecule has 1 heterocycles. The number of sulfonamides is 1. The van der Waals surface area contributed by atoms with E-state index in [2.05, 4.69) is 10.6 Å². The molecule has 0 saturated carbocycles. The quantitative estimate of drug-likeness (QED) is 0.244. The fraction of sp³-hybridized carbons (Fsp3) is 0.294. The molecule has 0 spiro atoms. The van der Waals surface area contributed by atoms with Crippen molar-refractivity contribution >= 4 is 44.1 Å². The van der Waals surface area contributed by atoms with Crippen LogP contribution in [0.25, 0.3) is 10.8 Å². The summed E-state index contributed by atoms with van der Waals surface area (Å²) in [6, 6.07) is 21.9. The van der Waals surface area contributed by atoms with Gasteiger partial charge in [0.15, 0.2) is 0 Å². The molecule has 242 valence electrons. The number of nitrogens with one attached hydrogen (secondary N) is 2. The number of halogens is 1. The predicted octanol–water partition coefficient (Wildman–Crippen LogP) is 5.09. The van der Waals surface area contributed by atoms with Crippen LogP contribution < -0.4 is 15.4 Å². The van der Waals surface area contributed by atoms with Crippen LogP contribution in [0.2, 0.25) is 0 Å². The average Bonchev–Trinajstić information content (AvgIpc) is 3.08. The second kappa shape index (κ2) is 13.9. The molecular weight excluding hydrogens is 611 g/mol. The number of likely N-dealkylation sites (N-methyl/N-ethyl adjacent to an activating group) is 1. The topological polar surface area (TPSA) is 128 Å². The van der Waals surface area contributed by atoms with E-state index in [4.69, 9.17) is 4.74 Å². The summed E-state index contributed by atoms with van der Waals surface area (Å²) in [5.74, 6) is -0.770. The Bertz CT molecular complexity index is 1830. The second-order valence-corrected chi connectivity index (χ2v) is 13.6.